The zero-order valence-electron chi connectivity index (χ0n) is 8.11. The minimum atomic E-state index is -5.19. The topological polar surface area (TPSA) is 89.1 Å². The highest BCUT2D eigenvalue weighted by Crippen LogP contribution is 2.28. The van der Waals surface area contributed by atoms with E-state index in [2.05, 4.69) is 9.72 Å². The highest BCUT2D eigenvalue weighted by molar-refractivity contribution is 7.93. The second-order valence-corrected chi connectivity index (χ2v) is 4.54. The lowest BCUT2D eigenvalue weighted by Gasteiger charge is -2.13. The summed E-state index contributed by atoms with van der Waals surface area (Å²) in [5.41, 5.74) is 0. The van der Waals surface area contributed by atoms with Crippen molar-refractivity contribution in [1.29, 1.82) is 0 Å². The van der Waals surface area contributed by atoms with Crippen LogP contribution in [-0.2, 0) is 19.4 Å². The zero-order valence-corrected chi connectivity index (χ0v) is 8.92. The number of aromatic nitrogens is 2. The SMILES string of the molecule is CCOC(=O)C(F)(F)S(=O)(=O)c1ncc[nH]1. The van der Waals surface area contributed by atoms with Crippen molar-refractivity contribution in [2.45, 2.75) is 17.3 Å². The van der Waals surface area contributed by atoms with Crippen molar-refractivity contribution in [2.24, 2.45) is 0 Å². The van der Waals surface area contributed by atoms with Crippen LogP contribution in [0.2, 0.25) is 0 Å². The van der Waals surface area contributed by atoms with Crippen molar-refractivity contribution < 1.29 is 26.7 Å². The van der Waals surface area contributed by atoms with E-state index in [0.29, 0.717) is 0 Å². The van der Waals surface area contributed by atoms with E-state index in [4.69, 9.17) is 0 Å². The quantitative estimate of drug-likeness (QED) is 0.782. The summed E-state index contributed by atoms with van der Waals surface area (Å²) in [5, 5.41) is -5.63. The summed E-state index contributed by atoms with van der Waals surface area (Å²) in [6, 6.07) is 0. The van der Waals surface area contributed by atoms with E-state index >= 15 is 0 Å². The van der Waals surface area contributed by atoms with Gasteiger partial charge in [0.2, 0.25) is 5.16 Å². The summed E-state index contributed by atoms with van der Waals surface area (Å²) < 4.78 is 53.0. The van der Waals surface area contributed by atoms with Crippen LogP contribution in [0.5, 0.6) is 0 Å². The average Bonchev–Trinajstić information content (AvgIpc) is 2.70. The van der Waals surface area contributed by atoms with Gasteiger partial charge in [0, 0.05) is 12.4 Å². The molecule has 0 saturated heterocycles. The van der Waals surface area contributed by atoms with E-state index in [-0.39, 0.29) is 6.61 Å². The van der Waals surface area contributed by atoms with E-state index in [1.54, 1.807) is 0 Å². The molecule has 0 amide bonds. The molecule has 1 heterocycles. The number of aromatic amines is 1. The lowest BCUT2D eigenvalue weighted by molar-refractivity contribution is -0.160. The molecule has 0 radical (unpaired) electrons. The zero-order chi connectivity index (χ0) is 12.4. The monoisotopic (exact) mass is 254 g/mol. The van der Waals surface area contributed by atoms with Gasteiger partial charge in [-0.15, -0.1) is 0 Å². The van der Waals surface area contributed by atoms with Crippen LogP contribution < -0.4 is 0 Å². The van der Waals surface area contributed by atoms with Crippen molar-refractivity contribution in [2.75, 3.05) is 6.61 Å². The molecule has 1 N–H and O–H groups in total. The first-order valence-electron chi connectivity index (χ1n) is 4.13. The van der Waals surface area contributed by atoms with Gasteiger partial charge < -0.3 is 9.72 Å². The Labute approximate surface area is 89.6 Å². The Hall–Kier alpha value is -1.51. The number of carbonyl (C=O) groups is 1. The first kappa shape index (κ1) is 12.6. The summed E-state index contributed by atoms with van der Waals surface area (Å²) in [4.78, 5) is 16.0. The van der Waals surface area contributed by atoms with Gasteiger partial charge in [-0.25, -0.2) is 18.2 Å². The smallest absolute Gasteiger partial charge is 0.447 e. The van der Waals surface area contributed by atoms with Gasteiger partial charge in [-0.2, -0.15) is 8.78 Å². The molecular formula is C7H8F2N2O4S. The molecule has 0 aliphatic carbocycles. The van der Waals surface area contributed by atoms with Crippen LogP contribution in [-0.4, -0.2) is 36.2 Å². The molecule has 90 valence electrons. The first-order valence-corrected chi connectivity index (χ1v) is 5.61. The Morgan fingerprint density at radius 1 is 1.62 bits per heavy atom. The van der Waals surface area contributed by atoms with Gasteiger partial charge in [-0.3, -0.25) is 0 Å². The van der Waals surface area contributed by atoms with E-state index in [1.807, 2.05) is 4.98 Å². The fourth-order valence-electron chi connectivity index (χ4n) is 0.844. The van der Waals surface area contributed by atoms with Crippen molar-refractivity contribution in [3.05, 3.63) is 12.4 Å². The number of halogens is 2. The number of imidazole rings is 1. The average molecular weight is 254 g/mol. The number of carbonyl (C=O) groups excluding carboxylic acids is 1. The van der Waals surface area contributed by atoms with Crippen LogP contribution in [0, 0.1) is 0 Å². The number of alkyl halides is 2. The van der Waals surface area contributed by atoms with Crippen LogP contribution in [0.3, 0.4) is 0 Å². The number of sulfone groups is 1. The van der Waals surface area contributed by atoms with Gasteiger partial charge in [-0.1, -0.05) is 0 Å². The van der Waals surface area contributed by atoms with Crippen LogP contribution >= 0.6 is 0 Å². The molecule has 0 bridgehead atoms. The van der Waals surface area contributed by atoms with Crippen LogP contribution in [0.25, 0.3) is 0 Å². The largest absolute Gasteiger partial charge is 0.461 e. The minimum absolute atomic E-state index is 0.345. The maximum Gasteiger partial charge on any atom is 0.447 e. The number of ether oxygens (including phenoxy) is 1. The fraction of sp³-hybridized carbons (Fsp3) is 0.429. The van der Waals surface area contributed by atoms with Crippen molar-refractivity contribution in [1.82, 2.24) is 9.97 Å². The normalized spacial score (nSPS) is 12.4. The van der Waals surface area contributed by atoms with Gasteiger partial charge in [0.15, 0.2) is 0 Å². The molecular weight excluding hydrogens is 246 g/mol. The van der Waals surface area contributed by atoms with Gasteiger partial charge in [0.1, 0.15) is 0 Å². The van der Waals surface area contributed by atoms with E-state index in [0.717, 1.165) is 12.4 Å². The third-order valence-electron chi connectivity index (χ3n) is 1.58. The summed E-state index contributed by atoms with van der Waals surface area (Å²) in [6.07, 6.45) is 2.03. The third kappa shape index (κ3) is 1.90. The Kier molecular flexibility index (Phi) is 3.27. The van der Waals surface area contributed by atoms with Crippen LogP contribution in [0.4, 0.5) is 8.78 Å². The standard InChI is InChI=1S/C7H8F2N2O4S/c1-2-15-5(12)7(8,9)16(13,14)6-10-3-4-11-6/h3-4H,2H2,1H3,(H,10,11). The van der Waals surface area contributed by atoms with E-state index < -0.39 is 26.2 Å². The molecule has 0 aromatic carbocycles. The van der Waals surface area contributed by atoms with Gasteiger partial charge in [0.05, 0.1) is 6.61 Å². The number of hydrogen-bond donors (Lipinski definition) is 1. The summed E-state index contributed by atoms with van der Waals surface area (Å²) >= 11 is 0. The maximum atomic E-state index is 13.2. The Morgan fingerprint density at radius 3 is 2.69 bits per heavy atom. The second kappa shape index (κ2) is 4.16. The molecule has 0 atom stereocenters. The molecule has 0 aliphatic rings. The number of rotatable bonds is 4. The Morgan fingerprint density at radius 2 is 2.25 bits per heavy atom. The molecule has 9 heteroatoms. The number of nitrogens with zero attached hydrogens (tertiary/aromatic N) is 1. The second-order valence-electron chi connectivity index (χ2n) is 2.64. The Bertz CT molecular complexity index is 469. The van der Waals surface area contributed by atoms with E-state index in [1.165, 1.54) is 6.92 Å². The lowest BCUT2D eigenvalue weighted by Crippen LogP contribution is -2.39. The molecule has 1 aromatic heterocycles. The van der Waals surface area contributed by atoms with Crippen LogP contribution in [0.15, 0.2) is 17.6 Å². The highest BCUT2D eigenvalue weighted by atomic mass is 32.2. The van der Waals surface area contributed by atoms with Gasteiger partial charge in [-0.05, 0) is 6.92 Å². The molecule has 1 rings (SSSR count). The molecule has 1 aromatic rings. The minimum Gasteiger partial charge on any atom is -0.461 e. The van der Waals surface area contributed by atoms with Crippen molar-refractivity contribution in [3.8, 4) is 0 Å². The lowest BCUT2D eigenvalue weighted by atomic mass is 10.7. The van der Waals surface area contributed by atoms with Crippen molar-refractivity contribution in [3.63, 3.8) is 0 Å². The maximum absolute atomic E-state index is 13.2. The fourth-order valence-corrected chi connectivity index (χ4v) is 1.79. The third-order valence-corrected chi connectivity index (χ3v) is 3.15. The van der Waals surface area contributed by atoms with Gasteiger partial charge >= 0.3 is 11.2 Å². The van der Waals surface area contributed by atoms with Gasteiger partial charge in [0.25, 0.3) is 9.84 Å². The van der Waals surface area contributed by atoms with E-state index in [9.17, 15) is 22.0 Å². The number of H-pyrrole nitrogens is 1. The predicted molar refractivity (Wildman–Crippen MR) is 47.4 cm³/mol. The van der Waals surface area contributed by atoms with Crippen molar-refractivity contribution >= 4 is 15.8 Å². The molecule has 0 unspecified atom stereocenters. The number of nitrogens with one attached hydrogen (secondary N) is 1. The summed E-state index contributed by atoms with van der Waals surface area (Å²) in [5.74, 6) is -2.12. The molecule has 0 aliphatic heterocycles. The first-order chi connectivity index (χ1) is 7.34. The Balaban J connectivity index is 3.13. The number of hydrogen-bond acceptors (Lipinski definition) is 5. The molecule has 0 saturated carbocycles. The molecule has 0 fully saturated rings. The molecule has 6 nitrogen and oxygen atoms in total. The highest BCUT2D eigenvalue weighted by Gasteiger charge is 2.56. The number of esters is 1. The summed E-state index contributed by atoms with van der Waals surface area (Å²) in [7, 11) is -5.19. The molecule has 16 heavy (non-hydrogen) atoms. The van der Waals surface area contributed by atoms with Crippen LogP contribution in [0.1, 0.15) is 6.92 Å². The summed E-state index contributed by atoms with van der Waals surface area (Å²) in [6.45, 7) is 0.940. The molecule has 0 spiro atoms. The predicted octanol–water partition coefficient (Wildman–Crippen LogP) is 0.339.